The predicted octanol–water partition coefficient (Wildman–Crippen LogP) is 20.5. The van der Waals surface area contributed by atoms with Crippen molar-refractivity contribution in [2.45, 2.75) is 290 Å². The number of rotatable bonds is 54. The number of hydrogen-bond donors (Lipinski definition) is 0. The Labute approximate surface area is 445 Å². The summed E-state index contributed by atoms with van der Waals surface area (Å²) in [5, 5.41) is 0. The smallest absolute Gasteiger partial charge is 0.306 e. The number of unbranched alkanes of at least 4 members (excludes halogenated alkanes) is 27. The van der Waals surface area contributed by atoms with E-state index in [0.717, 1.165) is 77.0 Å². The van der Waals surface area contributed by atoms with Crippen molar-refractivity contribution in [2.75, 3.05) is 13.2 Å². The molecule has 6 heteroatoms. The van der Waals surface area contributed by atoms with Crippen LogP contribution in [0.4, 0.5) is 0 Å². The van der Waals surface area contributed by atoms with E-state index in [-0.39, 0.29) is 37.5 Å². The SMILES string of the molecule is CC/C=C\C/C=C\C/C=C\C/C=C\C/C=C\C/C=C\CCC(=O)OCC(COC(=O)CCCCCCCCC/C=C\CCCCCCCC)OC(=O)CCCCCCCCC/C=C\CCCCCCCCC. The quantitative estimate of drug-likeness (QED) is 0.0261. The molecule has 1 unspecified atom stereocenters. The van der Waals surface area contributed by atoms with Gasteiger partial charge in [0.2, 0.25) is 0 Å². The van der Waals surface area contributed by atoms with Crippen LogP contribution in [-0.2, 0) is 28.6 Å². The van der Waals surface area contributed by atoms with Crippen LogP contribution in [0.25, 0.3) is 0 Å². The van der Waals surface area contributed by atoms with Crippen molar-refractivity contribution in [2.24, 2.45) is 0 Å². The summed E-state index contributed by atoms with van der Waals surface area (Å²) >= 11 is 0. The lowest BCUT2D eigenvalue weighted by atomic mass is 10.1. The maximum absolute atomic E-state index is 12.9. The summed E-state index contributed by atoms with van der Waals surface area (Å²) in [7, 11) is 0. The second kappa shape index (κ2) is 59.9. The Bertz CT molecular complexity index is 1430. The molecule has 0 fully saturated rings. The minimum absolute atomic E-state index is 0.104. The van der Waals surface area contributed by atoms with E-state index in [2.05, 4.69) is 112 Å². The summed E-state index contributed by atoms with van der Waals surface area (Å²) < 4.78 is 16.8. The highest BCUT2D eigenvalue weighted by molar-refractivity contribution is 5.71. The molecular weight excluding hydrogens is 889 g/mol. The van der Waals surface area contributed by atoms with Gasteiger partial charge in [-0.3, -0.25) is 14.4 Å². The summed E-state index contributed by atoms with van der Waals surface area (Å²) in [6.07, 6.45) is 79.8. The Kier molecular flexibility index (Phi) is 56.8. The Hall–Kier alpha value is -3.67. The van der Waals surface area contributed by atoms with Gasteiger partial charge in [0.05, 0.1) is 0 Å². The van der Waals surface area contributed by atoms with E-state index < -0.39 is 6.10 Å². The molecule has 0 aliphatic heterocycles. The van der Waals surface area contributed by atoms with Gasteiger partial charge in [-0.15, -0.1) is 0 Å². The zero-order valence-electron chi connectivity index (χ0n) is 47.2. The van der Waals surface area contributed by atoms with Crippen molar-refractivity contribution in [1.82, 2.24) is 0 Å². The van der Waals surface area contributed by atoms with E-state index in [4.69, 9.17) is 14.2 Å². The summed E-state index contributed by atoms with van der Waals surface area (Å²) in [5.74, 6) is -0.994. The standard InChI is InChI=1S/C66H112O6/c1-4-7-10-13-16-19-22-25-28-31-33-36-38-41-44-47-50-53-56-59-65(68)71-62-63(61-70-64(67)58-55-52-49-46-43-40-37-34-30-27-24-21-18-15-12-9-6-3)72-66(69)60-57-54-51-48-45-42-39-35-32-29-26-23-20-17-14-11-8-5-2/h7,10,16,19,25,27-30,32-33,36,41,44,50,53,63H,4-6,8-9,11-15,17-18,20-24,26,31,34-35,37-40,42-43,45-49,51-52,54-62H2,1-3H3/b10-7-,19-16-,28-25-,30-27-,32-29-,36-33-,44-41-,53-50-. The maximum atomic E-state index is 12.9. The minimum atomic E-state index is -0.814. The molecule has 0 spiro atoms. The number of allylic oxidation sites excluding steroid dienone is 16. The summed E-state index contributed by atoms with van der Waals surface area (Å²) in [6, 6.07) is 0. The molecule has 0 aliphatic rings. The third-order valence-corrected chi connectivity index (χ3v) is 12.8. The zero-order chi connectivity index (χ0) is 52.2. The molecule has 0 aromatic carbocycles. The van der Waals surface area contributed by atoms with Crippen LogP contribution in [0, 0.1) is 0 Å². The van der Waals surface area contributed by atoms with Crippen molar-refractivity contribution < 1.29 is 28.6 Å². The fourth-order valence-electron chi connectivity index (χ4n) is 8.28. The molecule has 0 heterocycles. The highest BCUT2D eigenvalue weighted by atomic mass is 16.6. The molecular formula is C66H112O6. The molecule has 72 heavy (non-hydrogen) atoms. The summed E-state index contributed by atoms with van der Waals surface area (Å²) in [4.78, 5) is 38.2. The summed E-state index contributed by atoms with van der Waals surface area (Å²) in [6.45, 7) is 6.47. The lowest BCUT2D eigenvalue weighted by Crippen LogP contribution is -2.30. The molecule has 0 saturated heterocycles. The molecule has 6 nitrogen and oxygen atoms in total. The first-order valence-electron chi connectivity index (χ1n) is 30.2. The molecule has 0 amide bonds. The average molecular weight is 1000 g/mol. The van der Waals surface area contributed by atoms with E-state index in [1.54, 1.807) is 0 Å². The van der Waals surface area contributed by atoms with Crippen LogP contribution in [0.2, 0.25) is 0 Å². The minimum Gasteiger partial charge on any atom is -0.462 e. The third kappa shape index (κ3) is 57.2. The Balaban J connectivity index is 4.50. The average Bonchev–Trinajstić information content (AvgIpc) is 3.38. The summed E-state index contributed by atoms with van der Waals surface area (Å²) in [5.41, 5.74) is 0. The van der Waals surface area contributed by atoms with E-state index in [1.807, 2.05) is 6.08 Å². The third-order valence-electron chi connectivity index (χ3n) is 12.8. The highest BCUT2D eigenvalue weighted by Crippen LogP contribution is 2.15. The van der Waals surface area contributed by atoms with Gasteiger partial charge >= 0.3 is 17.9 Å². The van der Waals surface area contributed by atoms with Gasteiger partial charge in [0.1, 0.15) is 13.2 Å². The molecule has 0 N–H and O–H groups in total. The Morgan fingerprint density at radius 1 is 0.292 bits per heavy atom. The van der Waals surface area contributed by atoms with Crippen molar-refractivity contribution >= 4 is 17.9 Å². The first-order chi connectivity index (χ1) is 35.5. The highest BCUT2D eigenvalue weighted by Gasteiger charge is 2.19. The topological polar surface area (TPSA) is 78.9 Å². The van der Waals surface area contributed by atoms with E-state index in [9.17, 15) is 14.4 Å². The van der Waals surface area contributed by atoms with Crippen molar-refractivity contribution in [1.29, 1.82) is 0 Å². The first kappa shape index (κ1) is 68.3. The van der Waals surface area contributed by atoms with E-state index >= 15 is 0 Å². The maximum Gasteiger partial charge on any atom is 0.306 e. The van der Waals surface area contributed by atoms with Gasteiger partial charge in [-0.05, 0) is 109 Å². The van der Waals surface area contributed by atoms with Gasteiger partial charge in [0.15, 0.2) is 6.10 Å². The van der Waals surface area contributed by atoms with Crippen LogP contribution in [0.3, 0.4) is 0 Å². The normalized spacial score (nSPS) is 12.8. The second-order valence-electron chi connectivity index (χ2n) is 19.9. The molecule has 0 aromatic heterocycles. The van der Waals surface area contributed by atoms with Crippen LogP contribution in [0.5, 0.6) is 0 Å². The molecule has 412 valence electrons. The molecule has 0 saturated carbocycles. The van der Waals surface area contributed by atoms with Gasteiger partial charge in [-0.1, -0.05) is 253 Å². The fraction of sp³-hybridized carbons (Fsp3) is 0.712. The number of ether oxygens (including phenoxy) is 3. The Morgan fingerprint density at radius 2 is 0.569 bits per heavy atom. The largest absolute Gasteiger partial charge is 0.462 e. The molecule has 0 aliphatic carbocycles. The van der Waals surface area contributed by atoms with Crippen LogP contribution >= 0.6 is 0 Å². The molecule has 0 radical (unpaired) electrons. The van der Waals surface area contributed by atoms with Crippen molar-refractivity contribution in [3.8, 4) is 0 Å². The van der Waals surface area contributed by atoms with Crippen molar-refractivity contribution in [3.05, 3.63) is 97.2 Å². The van der Waals surface area contributed by atoms with Gasteiger partial charge < -0.3 is 14.2 Å². The zero-order valence-corrected chi connectivity index (χ0v) is 47.2. The Morgan fingerprint density at radius 3 is 0.931 bits per heavy atom. The number of hydrogen-bond acceptors (Lipinski definition) is 6. The monoisotopic (exact) mass is 1000 g/mol. The van der Waals surface area contributed by atoms with Gasteiger partial charge in [-0.2, -0.15) is 0 Å². The van der Waals surface area contributed by atoms with Gasteiger partial charge in [0.25, 0.3) is 0 Å². The van der Waals surface area contributed by atoms with Gasteiger partial charge in [0, 0.05) is 19.3 Å². The molecule has 0 aromatic rings. The van der Waals surface area contributed by atoms with Crippen LogP contribution in [0.1, 0.15) is 284 Å². The van der Waals surface area contributed by atoms with Gasteiger partial charge in [-0.25, -0.2) is 0 Å². The number of carbonyl (C=O) groups is 3. The van der Waals surface area contributed by atoms with E-state index in [1.165, 1.54) is 161 Å². The lowest BCUT2D eigenvalue weighted by molar-refractivity contribution is -0.166. The fourth-order valence-corrected chi connectivity index (χ4v) is 8.28. The predicted molar refractivity (Wildman–Crippen MR) is 311 cm³/mol. The van der Waals surface area contributed by atoms with Crippen LogP contribution < -0.4 is 0 Å². The van der Waals surface area contributed by atoms with Crippen LogP contribution in [0.15, 0.2) is 97.2 Å². The van der Waals surface area contributed by atoms with Crippen LogP contribution in [-0.4, -0.2) is 37.2 Å². The number of carbonyl (C=O) groups excluding carboxylic acids is 3. The molecule has 1 atom stereocenters. The second-order valence-corrected chi connectivity index (χ2v) is 19.9. The number of esters is 3. The van der Waals surface area contributed by atoms with E-state index in [0.29, 0.717) is 19.3 Å². The first-order valence-corrected chi connectivity index (χ1v) is 30.2. The van der Waals surface area contributed by atoms with Crippen molar-refractivity contribution in [3.63, 3.8) is 0 Å². The molecule has 0 bridgehead atoms. The molecule has 0 rings (SSSR count). The lowest BCUT2D eigenvalue weighted by Gasteiger charge is -2.18.